The maximum atomic E-state index is 5.73. The van der Waals surface area contributed by atoms with E-state index in [0.717, 1.165) is 33.0 Å². The van der Waals surface area contributed by atoms with Crippen LogP contribution in [-0.4, -0.2) is 24.2 Å². The number of rotatable bonds is 4. The molecule has 0 atom stereocenters. The predicted molar refractivity (Wildman–Crippen MR) is 94.0 cm³/mol. The van der Waals surface area contributed by atoms with Crippen LogP contribution in [0.25, 0.3) is 21.5 Å². The van der Waals surface area contributed by atoms with Crippen LogP contribution in [-0.2, 0) is 0 Å². The molecule has 0 spiro atoms. The summed E-state index contributed by atoms with van der Waals surface area (Å²) in [6.07, 6.45) is 7.36. The Labute approximate surface area is 156 Å². The summed E-state index contributed by atoms with van der Waals surface area (Å²) in [4.78, 5) is 8.47. The molecular formula is C20H16IN2O2-. The molecule has 0 aliphatic carbocycles. The zero-order valence-electron chi connectivity index (χ0n) is 13.9. The molecule has 126 valence electrons. The summed E-state index contributed by atoms with van der Waals surface area (Å²) in [5, 5.41) is 4.44. The molecule has 0 unspecified atom stereocenters. The van der Waals surface area contributed by atoms with Gasteiger partial charge in [0, 0.05) is 0 Å². The summed E-state index contributed by atoms with van der Waals surface area (Å²) in [6.45, 7) is 0. The number of benzene rings is 2. The second-order valence-corrected chi connectivity index (χ2v) is 8.35. The first-order valence-electron chi connectivity index (χ1n) is 7.77. The van der Waals surface area contributed by atoms with E-state index in [1.165, 1.54) is 7.14 Å². The van der Waals surface area contributed by atoms with Crippen molar-refractivity contribution < 1.29 is 30.7 Å². The molecule has 0 bridgehead atoms. The van der Waals surface area contributed by atoms with Gasteiger partial charge in [-0.1, -0.05) is 0 Å². The third-order valence-corrected chi connectivity index (χ3v) is 6.90. The number of methoxy groups -OCH3 is 2. The molecule has 0 N–H and O–H groups in total. The Morgan fingerprint density at radius 1 is 0.760 bits per heavy atom. The Kier molecular flexibility index (Phi) is 4.40. The van der Waals surface area contributed by atoms with Crippen LogP contribution in [0, 0.1) is 7.14 Å². The number of nitrogens with zero attached hydrogens (tertiary/aromatic N) is 2. The topological polar surface area (TPSA) is 44.2 Å². The Bertz CT molecular complexity index is 1060. The van der Waals surface area contributed by atoms with Gasteiger partial charge < -0.3 is 0 Å². The van der Waals surface area contributed by atoms with Gasteiger partial charge in [-0.3, -0.25) is 0 Å². The molecule has 0 fully saturated rings. The monoisotopic (exact) mass is 443 g/mol. The number of fused-ring (bicyclic) bond motifs is 2. The van der Waals surface area contributed by atoms with Gasteiger partial charge in [-0.05, 0) is 0 Å². The molecule has 2 heterocycles. The van der Waals surface area contributed by atoms with E-state index in [1.807, 2.05) is 24.5 Å². The SMILES string of the molecule is COc1cc2ccncc2cc1[I-]c1ccc2ccncc2c1OC. The van der Waals surface area contributed by atoms with Crippen molar-refractivity contribution in [2.24, 2.45) is 0 Å². The average molecular weight is 443 g/mol. The first kappa shape index (κ1) is 16.1. The first-order valence-corrected chi connectivity index (χ1v) is 9.93. The average Bonchev–Trinajstić information content (AvgIpc) is 2.67. The van der Waals surface area contributed by atoms with Crippen LogP contribution in [0.5, 0.6) is 11.5 Å². The number of pyridine rings is 2. The van der Waals surface area contributed by atoms with Crippen LogP contribution in [0.1, 0.15) is 0 Å². The normalized spacial score (nSPS) is 11.1. The van der Waals surface area contributed by atoms with E-state index in [9.17, 15) is 0 Å². The Morgan fingerprint density at radius 2 is 1.56 bits per heavy atom. The zero-order valence-corrected chi connectivity index (χ0v) is 16.0. The number of hydrogen-bond donors (Lipinski definition) is 0. The van der Waals surface area contributed by atoms with Crippen molar-refractivity contribution in [2.75, 3.05) is 14.2 Å². The van der Waals surface area contributed by atoms with Gasteiger partial charge in [-0.2, -0.15) is 0 Å². The number of ether oxygens (including phenoxy) is 2. The van der Waals surface area contributed by atoms with Gasteiger partial charge in [0.2, 0.25) is 0 Å². The van der Waals surface area contributed by atoms with Crippen LogP contribution < -0.4 is 30.7 Å². The summed E-state index contributed by atoms with van der Waals surface area (Å²) in [5.74, 6) is 1.83. The van der Waals surface area contributed by atoms with Crippen molar-refractivity contribution in [1.82, 2.24) is 9.97 Å². The van der Waals surface area contributed by atoms with Crippen molar-refractivity contribution in [1.29, 1.82) is 0 Å². The molecule has 5 heteroatoms. The Balaban J connectivity index is 1.84. The molecular weight excluding hydrogens is 427 g/mol. The number of halogens is 1. The maximum absolute atomic E-state index is 5.73. The van der Waals surface area contributed by atoms with E-state index < -0.39 is 21.2 Å². The molecule has 4 aromatic rings. The molecule has 4 rings (SSSR count). The van der Waals surface area contributed by atoms with Crippen LogP contribution in [0.15, 0.2) is 61.2 Å². The van der Waals surface area contributed by atoms with Gasteiger partial charge in [0.25, 0.3) is 0 Å². The zero-order chi connectivity index (χ0) is 17.2. The Hall–Kier alpha value is -2.41. The quantitative estimate of drug-likeness (QED) is 0.441. The predicted octanol–water partition coefficient (Wildman–Crippen LogP) is 0.929. The van der Waals surface area contributed by atoms with Crippen molar-refractivity contribution in [3.8, 4) is 11.5 Å². The molecule has 0 saturated heterocycles. The molecule has 0 amide bonds. The summed E-state index contributed by atoms with van der Waals surface area (Å²) >= 11 is -0.483. The molecule has 2 aromatic carbocycles. The Morgan fingerprint density at radius 3 is 2.36 bits per heavy atom. The van der Waals surface area contributed by atoms with Crippen molar-refractivity contribution >= 4 is 21.5 Å². The summed E-state index contributed by atoms with van der Waals surface area (Å²) in [5.41, 5.74) is 0. The van der Waals surface area contributed by atoms with Crippen LogP contribution in [0.4, 0.5) is 0 Å². The molecule has 0 saturated carbocycles. The van der Waals surface area contributed by atoms with Gasteiger partial charge in [0.05, 0.1) is 0 Å². The number of hydrogen-bond acceptors (Lipinski definition) is 4. The van der Waals surface area contributed by atoms with Gasteiger partial charge >= 0.3 is 156 Å². The van der Waals surface area contributed by atoms with Gasteiger partial charge in [0.15, 0.2) is 0 Å². The van der Waals surface area contributed by atoms with E-state index in [0.29, 0.717) is 0 Å². The fourth-order valence-electron chi connectivity index (χ4n) is 2.82. The minimum atomic E-state index is -0.483. The second-order valence-electron chi connectivity index (χ2n) is 5.48. The third-order valence-electron chi connectivity index (χ3n) is 4.04. The molecule has 25 heavy (non-hydrogen) atoms. The van der Waals surface area contributed by atoms with Crippen molar-refractivity contribution in [3.63, 3.8) is 0 Å². The fraction of sp³-hybridized carbons (Fsp3) is 0.100. The summed E-state index contributed by atoms with van der Waals surface area (Å²) in [6, 6.07) is 12.6. The van der Waals surface area contributed by atoms with Crippen molar-refractivity contribution in [2.45, 2.75) is 0 Å². The van der Waals surface area contributed by atoms with Gasteiger partial charge in [0.1, 0.15) is 0 Å². The van der Waals surface area contributed by atoms with Gasteiger partial charge in [-0.25, -0.2) is 0 Å². The third kappa shape index (κ3) is 3.00. The van der Waals surface area contributed by atoms with E-state index in [4.69, 9.17) is 9.47 Å². The van der Waals surface area contributed by atoms with Gasteiger partial charge in [-0.15, -0.1) is 0 Å². The minimum absolute atomic E-state index is 0.483. The van der Waals surface area contributed by atoms with E-state index >= 15 is 0 Å². The number of aromatic nitrogens is 2. The molecule has 4 nitrogen and oxygen atoms in total. The van der Waals surface area contributed by atoms with Crippen LogP contribution in [0.3, 0.4) is 0 Å². The van der Waals surface area contributed by atoms with E-state index in [2.05, 4.69) is 34.2 Å². The molecule has 2 aromatic heterocycles. The fourth-order valence-corrected chi connectivity index (χ4v) is 5.69. The van der Waals surface area contributed by atoms with Crippen LogP contribution >= 0.6 is 0 Å². The molecule has 0 aliphatic rings. The molecule has 0 radical (unpaired) electrons. The standard InChI is InChI=1S/C20H16IN2O2/c1-24-19-10-14-6-8-22-11-15(14)9-18(19)21-17-4-3-13-5-7-23-12-16(13)20(17)25-2/h3-12H,1-2H3/q-1. The van der Waals surface area contributed by atoms with E-state index in [1.54, 1.807) is 26.6 Å². The summed E-state index contributed by atoms with van der Waals surface area (Å²) < 4.78 is 13.8. The summed E-state index contributed by atoms with van der Waals surface area (Å²) in [7, 11) is 3.44. The van der Waals surface area contributed by atoms with Crippen molar-refractivity contribution in [3.05, 3.63) is 68.3 Å². The molecule has 0 aliphatic heterocycles. The second kappa shape index (κ2) is 6.84. The van der Waals surface area contributed by atoms with Crippen LogP contribution in [0.2, 0.25) is 0 Å². The first-order chi connectivity index (χ1) is 12.3. The van der Waals surface area contributed by atoms with E-state index in [-0.39, 0.29) is 0 Å².